The van der Waals surface area contributed by atoms with Gasteiger partial charge in [0.05, 0.1) is 5.69 Å². The summed E-state index contributed by atoms with van der Waals surface area (Å²) in [6.07, 6.45) is 7.53. The van der Waals surface area contributed by atoms with E-state index in [2.05, 4.69) is 35.0 Å². The van der Waals surface area contributed by atoms with Crippen LogP contribution in [0.5, 0.6) is 0 Å². The molecule has 0 amide bonds. The molecule has 2 rings (SSSR count). The van der Waals surface area contributed by atoms with Gasteiger partial charge in [0.2, 0.25) is 0 Å². The van der Waals surface area contributed by atoms with Crippen molar-refractivity contribution in [3.63, 3.8) is 0 Å². The Bertz CT molecular complexity index is 324. The molecule has 96 valence electrons. The largest absolute Gasteiger partial charge is 0.311 e. The molecule has 0 aromatic carbocycles. The molecule has 1 aromatic heterocycles. The van der Waals surface area contributed by atoms with Crippen LogP contribution in [-0.2, 0) is 13.1 Å². The lowest BCUT2D eigenvalue weighted by molar-refractivity contribution is 0.412. The van der Waals surface area contributed by atoms with Gasteiger partial charge in [0, 0.05) is 19.3 Å². The third kappa shape index (κ3) is 3.84. The van der Waals surface area contributed by atoms with Crippen LogP contribution in [0, 0.1) is 11.8 Å². The minimum absolute atomic E-state index is 0.709. The summed E-state index contributed by atoms with van der Waals surface area (Å²) in [7, 11) is 0. The lowest BCUT2D eigenvalue weighted by atomic mass is 10.1. The summed E-state index contributed by atoms with van der Waals surface area (Å²) in [5.41, 5.74) is 1.33. The van der Waals surface area contributed by atoms with E-state index < -0.39 is 0 Å². The molecule has 0 bridgehead atoms. The number of hydrogen-bond acceptors (Lipinski definition) is 2. The lowest BCUT2D eigenvalue weighted by Crippen LogP contribution is -2.22. The highest BCUT2D eigenvalue weighted by Crippen LogP contribution is 2.26. The summed E-state index contributed by atoms with van der Waals surface area (Å²) < 4.78 is 2.20. The van der Waals surface area contributed by atoms with E-state index in [4.69, 9.17) is 0 Å². The number of hydrogen-bond donors (Lipinski definition) is 1. The zero-order valence-corrected chi connectivity index (χ0v) is 11.2. The van der Waals surface area contributed by atoms with Crippen LogP contribution >= 0.6 is 0 Å². The van der Waals surface area contributed by atoms with E-state index in [9.17, 15) is 0 Å². The van der Waals surface area contributed by atoms with Gasteiger partial charge in [-0.2, -0.15) is 5.10 Å². The average molecular weight is 235 g/mol. The van der Waals surface area contributed by atoms with Crippen molar-refractivity contribution < 1.29 is 0 Å². The topological polar surface area (TPSA) is 29.9 Å². The molecule has 0 radical (unpaired) electrons. The first-order valence-electron chi connectivity index (χ1n) is 6.97. The summed E-state index contributed by atoms with van der Waals surface area (Å²) in [4.78, 5) is 0. The minimum Gasteiger partial charge on any atom is -0.311 e. The van der Waals surface area contributed by atoms with Gasteiger partial charge in [0.1, 0.15) is 0 Å². The normalized spacial score (nSPS) is 17.1. The molecule has 3 nitrogen and oxygen atoms in total. The Morgan fingerprint density at radius 3 is 2.88 bits per heavy atom. The van der Waals surface area contributed by atoms with E-state index in [0.29, 0.717) is 5.92 Å². The molecule has 3 heteroatoms. The molecule has 0 saturated heterocycles. The van der Waals surface area contributed by atoms with Crippen LogP contribution in [0.1, 0.15) is 45.2 Å². The SMILES string of the molecule is CC(C)CNCc1ccnn1CC1CCCC1. The van der Waals surface area contributed by atoms with Crippen LogP contribution < -0.4 is 5.32 Å². The van der Waals surface area contributed by atoms with Crippen molar-refractivity contribution in [3.8, 4) is 0 Å². The van der Waals surface area contributed by atoms with E-state index in [1.54, 1.807) is 0 Å². The van der Waals surface area contributed by atoms with Gasteiger partial charge < -0.3 is 5.32 Å². The number of rotatable bonds is 6. The Balaban J connectivity index is 1.83. The molecule has 0 spiro atoms. The van der Waals surface area contributed by atoms with Crippen molar-refractivity contribution in [2.75, 3.05) is 6.54 Å². The first-order chi connectivity index (χ1) is 8.25. The summed E-state index contributed by atoms with van der Waals surface area (Å²) in [6, 6.07) is 2.14. The highest BCUT2D eigenvalue weighted by atomic mass is 15.3. The average Bonchev–Trinajstić information content (AvgIpc) is 2.91. The molecule has 1 heterocycles. The Hall–Kier alpha value is -0.830. The van der Waals surface area contributed by atoms with Gasteiger partial charge in [-0.15, -0.1) is 0 Å². The Labute approximate surface area is 105 Å². The quantitative estimate of drug-likeness (QED) is 0.821. The van der Waals surface area contributed by atoms with E-state index >= 15 is 0 Å². The van der Waals surface area contributed by atoms with Gasteiger partial charge in [-0.3, -0.25) is 4.68 Å². The van der Waals surface area contributed by atoms with Crippen molar-refractivity contribution in [1.82, 2.24) is 15.1 Å². The molecule has 0 unspecified atom stereocenters. The summed E-state index contributed by atoms with van der Waals surface area (Å²) in [5.74, 6) is 1.57. The Kier molecular flexibility index (Phi) is 4.60. The number of nitrogens with one attached hydrogen (secondary N) is 1. The highest BCUT2D eigenvalue weighted by molar-refractivity contribution is 5.00. The van der Waals surface area contributed by atoms with Gasteiger partial charge in [-0.1, -0.05) is 26.7 Å². The first kappa shape index (κ1) is 12.6. The monoisotopic (exact) mass is 235 g/mol. The second kappa shape index (κ2) is 6.20. The molecule has 1 N–H and O–H groups in total. The molecule has 1 aromatic rings. The zero-order chi connectivity index (χ0) is 12.1. The molecule has 0 aliphatic heterocycles. The fourth-order valence-corrected chi connectivity index (χ4v) is 2.60. The van der Waals surface area contributed by atoms with Gasteiger partial charge >= 0.3 is 0 Å². The lowest BCUT2D eigenvalue weighted by Gasteiger charge is -2.13. The van der Waals surface area contributed by atoms with Gasteiger partial charge in [0.15, 0.2) is 0 Å². The number of nitrogens with zero attached hydrogens (tertiary/aromatic N) is 2. The summed E-state index contributed by atoms with van der Waals surface area (Å²) in [5, 5.41) is 7.95. The van der Waals surface area contributed by atoms with Crippen molar-refractivity contribution in [3.05, 3.63) is 18.0 Å². The molecule has 1 fully saturated rings. The van der Waals surface area contributed by atoms with Crippen molar-refractivity contribution in [1.29, 1.82) is 0 Å². The Morgan fingerprint density at radius 1 is 1.41 bits per heavy atom. The molecule has 1 saturated carbocycles. The van der Waals surface area contributed by atoms with Crippen LogP contribution in [0.2, 0.25) is 0 Å². The van der Waals surface area contributed by atoms with Crippen molar-refractivity contribution in [2.45, 2.75) is 52.6 Å². The molecule has 0 atom stereocenters. The number of aromatic nitrogens is 2. The predicted molar refractivity (Wildman–Crippen MR) is 70.7 cm³/mol. The van der Waals surface area contributed by atoms with E-state index in [-0.39, 0.29) is 0 Å². The molecule has 17 heavy (non-hydrogen) atoms. The van der Waals surface area contributed by atoms with E-state index in [0.717, 1.165) is 25.6 Å². The second-order valence-electron chi connectivity index (χ2n) is 5.68. The maximum absolute atomic E-state index is 4.45. The highest BCUT2D eigenvalue weighted by Gasteiger charge is 2.16. The fraction of sp³-hybridized carbons (Fsp3) is 0.786. The van der Waals surface area contributed by atoms with Crippen molar-refractivity contribution >= 4 is 0 Å². The van der Waals surface area contributed by atoms with Crippen LogP contribution in [0.4, 0.5) is 0 Å². The van der Waals surface area contributed by atoms with Crippen LogP contribution in [0.15, 0.2) is 12.3 Å². The van der Waals surface area contributed by atoms with Gasteiger partial charge in [-0.25, -0.2) is 0 Å². The summed E-state index contributed by atoms with van der Waals surface area (Å²) >= 11 is 0. The first-order valence-corrected chi connectivity index (χ1v) is 6.97. The molecular formula is C14H25N3. The molecule has 1 aliphatic carbocycles. The fourth-order valence-electron chi connectivity index (χ4n) is 2.60. The third-order valence-electron chi connectivity index (χ3n) is 3.57. The van der Waals surface area contributed by atoms with Gasteiger partial charge in [0.25, 0.3) is 0 Å². The molecular weight excluding hydrogens is 210 g/mol. The van der Waals surface area contributed by atoms with Gasteiger partial charge in [-0.05, 0) is 37.3 Å². The molecule has 1 aliphatic rings. The standard InChI is InChI=1S/C14H25N3/c1-12(2)9-15-10-14-7-8-16-17(14)11-13-5-3-4-6-13/h7-8,12-13,15H,3-6,9-11H2,1-2H3. The van der Waals surface area contributed by atoms with Crippen LogP contribution in [0.3, 0.4) is 0 Å². The smallest absolute Gasteiger partial charge is 0.0522 e. The van der Waals surface area contributed by atoms with E-state index in [1.807, 2.05) is 6.20 Å². The second-order valence-corrected chi connectivity index (χ2v) is 5.68. The predicted octanol–water partition coefficient (Wildman–Crippen LogP) is 2.82. The maximum atomic E-state index is 4.45. The Morgan fingerprint density at radius 2 is 2.18 bits per heavy atom. The van der Waals surface area contributed by atoms with Crippen molar-refractivity contribution in [2.24, 2.45) is 11.8 Å². The maximum Gasteiger partial charge on any atom is 0.0522 e. The third-order valence-corrected chi connectivity index (χ3v) is 3.57. The zero-order valence-electron chi connectivity index (χ0n) is 11.2. The van der Waals surface area contributed by atoms with E-state index in [1.165, 1.54) is 31.4 Å². The summed E-state index contributed by atoms with van der Waals surface area (Å²) in [6.45, 7) is 7.62. The minimum atomic E-state index is 0.709. The van der Waals surface area contributed by atoms with Crippen LogP contribution in [-0.4, -0.2) is 16.3 Å². The van der Waals surface area contributed by atoms with Crippen LogP contribution in [0.25, 0.3) is 0 Å².